The smallest absolute Gasteiger partial charge is 0.238 e. The lowest BCUT2D eigenvalue weighted by molar-refractivity contribution is -0.126. The standard InChI is InChI=1S/C12H21N5O/c1-9-10(7-16(3)15-9)8-17-5-4-14-6-11(17)12(18)13-2/h7,11,14H,4-6,8H2,1-3H3,(H,13,18). The van der Waals surface area contributed by atoms with Gasteiger partial charge in [-0.3, -0.25) is 14.4 Å². The van der Waals surface area contributed by atoms with E-state index in [1.807, 2.05) is 24.9 Å². The number of rotatable bonds is 3. The Hall–Kier alpha value is -1.40. The number of carbonyl (C=O) groups is 1. The molecule has 1 unspecified atom stereocenters. The second kappa shape index (κ2) is 5.49. The van der Waals surface area contributed by atoms with E-state index in [1.54, 1.807) is 7.05 Å². The molecule has 0 bridgehead atoms. The Morgan fingerprint density at radius 1 is 1.67 bits per heavy atom. The van der Waals surface area contributed by atoms with Crippen LogP contribution < -0.4 is 10.6 Å². The number of carbonyl (C=O) groups excluding carboxylic acids is 1. The van der Waals surface area contributed by atoms with Crippen molar-refractivity contribution in [2.75, 3.05) is 26.7 Å². The quantitative estimate of drug-likeness (QED) is 0.742. The molecule has 1 aliphatic heterocycles. The molecule has 1 saturated heterocycles. The first-order valence-electron chi connectivity index (χ1n) is 6.27. The van der Waals surface area contributed by atoms with Gasteiger partial charge in [0.05, 0.1) is 5.69 Å². The first-order chi connectivity index (χ1) is 8.61. The molecule has 18 heavy (non-hydrogen) atoms. The third kappa shape index (κ3) is 2.70. The fourth-order valence-corrected chi connectivity index (χ4v) is 2.38. The molecule has 2 heterocycles. The summed E-state index contributed by atoms with van der Waals surface area (Å²) in [4.78, 5) is 14.1. The van der Waals surface area contributed by atoms with Gasteiger partial charge in [0.2, 0.25) is 5.91 Å². The molecule has 1 aromatic heterocycles. The molecule has 0 aliphatic carbocycles. The molecule has 0 aromatic carbocycles. The molecule has 100 valence electrons. The average molecular weight is 251 g/mol. The second-order valence-electron chi connectivity index (χ2n) is 4.72. The summed E-state index contributed by atoms with van der Waals surface area (Å²) in [6.45, 7) is 5.30. The van der Waals surface area contributed by atoms with Crippen LogP contribution in [0.1, 0.15) is 11.3 Å². The van der Waals surface area contributed by atoms with Gasteiger partial charge in [-0.1, -0.05) is 0 Å². The van der Waals surface area contributed by atoms with Crippen molar-refractivity contribution in [3.8, 4) is 0 Å². The summed E-state index contributed by atoms with van der Waals surface area (Å²) in [6.07, 6.45) is 2.03. The van der Waals surface area contributed by atoms with E-state index in [1.165, 1.54) is 5.56 Å². The summed E-state index contributed by atoms with van der Waals surface area (Å²) in [7, 11) is 3.61. The zero-order valence-electron chi connectivity index (χ0n) is 11.2. The molecule has 1 atom stereocenters. The van der Waals surface area contributed by atoms with Crippen LogP contribution >= 0.6 is 0 Å². The summed E-state index contributed by atoms with van der Waals surface area (Å²) >= 11 is 0. The summed E-state index contributed by atoms with van der Waals surface area (Å²) in [6, 6.07) is -0.0941. The number of nitrogens with zero attached hydrogens (tertiary/aromatic N) is 3. The first-order valence-corrected chi connectivity index (χ1v) is 6.27. The molecule has 1 fully saturated rings. The van der Waals surface area contributed by atoms with E-state index in [0.29, 0.717) is 6.54 Å². The topological polar surface area (TPSA) is 62.2 Å². The van der Waals surface area contributed by atoms with Crippen molar-refractivity contribution in [3.05, 3.63) is 17.5 Å². The Morgan fingerprint density at radius 3 is 3.06 bits per heavy atom. The van der Waals surface area contributed by atoms with Crippen molar-refractivity contribution in [3.63, 3.8) is 0 Å². The first kappa shape index (κ1) is 13.0. The van der Waals surface area contributed by atoms with Gasteiger partial charge in [0.15, 0.2) is 0 Å². The highest BCUT2D eigenvalue weighted by Gasteiger charge is 2.28. The van der Waals surface area contributed by atoms with Crippen LogP contribution in [-0.4, -0.2) is 53.3 Å². The average Bonchev–Trinajstić information content (AvgIpc) is 2.67. The minimum Gasteiger partial charge on any atom is -0.358 e. The van der Waals surface area contributed by atoms with E-state index in [2.05, 4.69) is 20.6 Å². The number of aryl methyl sites for hydroxylation is 2. The molecular formula is C12H21N5O. The predicted molar refractivity (Wildman–Crippen MR) is 69.1 cm³/mol. The SMILES string of the molecule is CNC(=O)C1CNCCN1Cc1cn(C)nc1C. The van der Waals surface area contributed by atoms with E-state index in [4.69, 9.17) is 0 Å². The number of aromatic nitrogens is 2. The van der Waals surface area contributed by atoms with Crippen LogP contribution in [0.25, 0.3) is 0 Å². The fourth-order valence-electron chi connectivity index (χ4n) is 2.38. The van der Waals surface area contributed by atoms with Gasteiger partial charge in [-0.2, -0.15) is 5.10 Å². The van der Waals surface area contributed by atoms with E-state index in [0.717, 1.165) is 25.3 Å². The van der Waals surface area contributed by atoms with Crippen LogP contribution in [0.2, 0.25) is 0 Å². The predicted octanol–water partition coefficient (Wildman–Crippen LogP) is -0.752. The normalized spacial score (nSPS) is 20.9. The summed E-state index contributed by atoms with van der Waals surface area (Å²) in [5.74, 6) is 0.0729. The largest absolute Gasteiger partial charge is 0.358 e. The Balaban J connectivity index is 2.10. The van der Waals surface area contributed by atoms with E-state index < -0.39 is 0 Å². The van der Waals surface area contributed by atoms with E-state index in [-0.39, 0.29) is 11.9 Å². The van der Waals surface area contributed by atoms with Gasteiger partial charge in [0.1, 0.15) is 6.04 Å². The Labute approximate surface area is 107 Å². The Bertz CT molecular complexity index is 428. The van der Waals surface area contributed by atoms with Crippen molar-refractivity contribution in [2.24, 2.45) is 7.05 Å². The van der Waals surface area contributed by atoms with Crippen molar-refractivity contribution in [2.45, 2.75) is 19.5 Å². The number of nitrogens with one attached hydrogen (secondary N) is 2. The molecule has 1 aliphatic rings. The lowest BCUT2D eigenvalue weighted by atomic mass is 10.1. The number of piperazine rings is 1. The summed E-state index contributed by atoms with van der Waals surface area (Å²) in [5.41, 5.74) is 2.22. The Morgan fingerprint density at radius 2 is 2.44 bits per heavy atom. The second-order valence-corrected chi connectivity index (χ2v) is 4.72. The molecule has 6 nitrogen and oxygen atoms in total. The molecule has 6 heteroatoms. The monoisotopic (exact) mass is 251 g/mol. The molecule has 1 aromatic rings. The Kier molecular flexibility index (Phi) is 3.98. The van der Waals surface area contributed by atoms with Gasteiger partial charge in [-0.25, -0.2) is 0 Å². The van der Waals surface area contributed by atoms with Crippen molar-refractivity contribution < 1.29 is 4.79 Å². The maximum Gasteiger partial charge on any atom is 0.238 e. The van der Waals surface area contributed by atoms with Gasteiger partial charge >= 0.3 is 0 Å². The highest BCUT2D eigenvalue weighted by atomic mass is 16.2. The van der Waals surface area contributed by atoms with Crippen molar-refractivity contribution in [1.82, 2.24) is 25.3 Å². The van der Waals surface area contributed by atoms with Crippen LogP contribution in [0.4, 0.5) is 0 Å². The van der Waals surface area contributed by atoms with E-state index >= 15 is 0 Å². The van der Waals surface area contributed by atoms with Gasteiger partial charge in [-0.15, -0.1) is 0 Å². The maximum absolute atomic E-state index is 11.8. The number of likely N-dealkylation sites (N-methyl/N-ethyl adjacent to an activating group) is 1. The molecule has 0 spiro atoms. The molecule has 2 rings (SSSR count). The highest BCUT2D eigenvalue weighted by molar-refractivity contribution is 5.81. The molecule has 0 saturated carbocycles. The molecule has 0 radical (unpaired) electrons. The van der Waals surface area contributed by atoms with Crippen LogP contribution in [-0.2, 0) is 18.4 Å². The van der Waals surface area contributed by atoms with Gasteiger partial charge in [0, 0.05) is 52.0 Å². The molecular weight excluding hydrogens is 230 g/mol. The number of hydrogen-bond acceptors (Lipinski definition) is 4. The zero-order valence-corrected chi connectivity index (χ0v) is 11.2. The fraction of sp³-hybridized carbons (Fsp3) is 0.667. The van der Waals surface area contributed by atoms with Crippen molar-refractivity contribution in [1.29, 1.82) is 0 Å². The van der Waals surface area contributed by atoms with Gasteiger partial charge in [0.25, 0.3) is 0 Å². The molecule has 1 amide bonds. The maximum atomic E-state index is 11.8. The third-order valence-corrected chi connectivity index (χ3v) is 3.39. The minimum absolute atomic E-state index is 0.0729. The van der Waals surface area contributed by atoms with Gasteiger partial charge in [-0.05, 0) is 6.92 Å². The van der Waals surface area contributed by atoms with Crippen LogP contribution in [0, 0.1) is 6.92 Å². The summed E-state index contributed by atoms with van der Waals surface area (Å²) < 4.78 is 1.82. The number of amides is 1. The minimum atomic E-state index is -0.0941. The third-order valence-electron chi connectivity index (χ3n) is 3.39. The summed E-state index contributed by atoms with van der Waals surface area (Å²) in [5, 5.41) is 10.3. The lowest BCUT2D eigenvalue weighted by Gasteiger charge is -2.34. The van der Waals surface area contributed by atoms with E-state index in [9.17, 15) is 4.79 Å². The van der Waals surface area contributed by atoms with Gasteiger partial charge < -0.3 is 10.6 Å². The highest BCUT2D eigenvalue weighted by Crippen LogP contribution is 2.13. The van der Waals surface area contributed by atoms with Crippen molar-refractivity contribution >= 4 is 5.91 Å². The lowest BCUT2D eigenvalue weighted by Crippen LogP contribution is -2.56. The zero-order chi connectivity index (χ0) is 13.1. The van der Waals surface area contributed by atoms with Crippen LogP contribution in [0.15, 0.2) is 6.20 Å². The van der Waals surface area contributed by atoms with Crippen LogP contribution in [0.5, 0.6) is 0 Å². The number of hydrogen-bond donors (Lipinski definition) is 2. The molecule has 2 N–H and O–H groups in total. The van der Waals surface area contributed by atoms with Crippen LogP contribution in [0.3, 0.4) is 0 Å².